The third-order valence-corrected chi connectivity index (χ3v) is 4.92. The molecule has 1 aromatic rings. The second-order valence-electron chi connectivity index (χ2n) is 6.54. The van der Waals surface area contributed by atoms with E-state index >= 15 is 0 Å². The summed E-state index contributed by atoms with van der Waals surface area (Å²) in [5, 5.41) is 11.2. The molecular weight excluding hydrogens is 290 g/mol. The normalized spacial score (nSPS) is 20.4. The van der Waals surface area contributed by atoms with E-state index in [2.05, 4.69) is 25.3 Å². The molecule has 2 saturated heterocycles. The number of amides is 1. The molecule has 126 valence electrons. The van der Waals surface area contributed by atoms with Gasteiger partial charge in [0, 0.05) is 38.3 Å². The van der Waals surface area contributed by atoms with Crippen LogP contribution in [-0.4, -0.2) is 60.3 Å². The van der Waals surface area contributed by atoms with Crippen LogP contribution in [0.2, 0.25) is 0 Å². The summed E-state index contributed by atoms with van der Waals surface area (Å²) in [6, 6.07) is 3.88. The number of aromatic nitrogens is 2. The molecule has 0 atom stereocenters. The molecule has 0 aliphatic carbocycles. The number of hydrogen-bond donors (Lipinski definition) is 1. The minimum atomic E-state index is 0.143. The van der Waals surface area contributed by atoms with Crippen molar-refractivity contribution in [3.8, 4) is 0 Å². The van der Waals surface area contributed by atoms with Crippen LogP contribution >= 0.6 is 0 Å². The molecule has 1 aromatic heterocycles. The van der Waals surface area contributed by atoms with Gasteiger partial charge in [-0.25, -0.2) is 0 Å². The molecule has 2 aliphatic heterocycles. The number of rotatable bonds is 5. The summed E-state index contributed by atoms with van der Waals surface area (Å²) < 4.78 is 0. The fourth-order valence-electron chi connectivity index (χ4n) is 3.50. The number of piperidine rings is 2. The highest BCUT2D eigenvalue weighted by atomic mass is 16.1. The first-order valence-corrected chi connectivity index (χ1v) is 8.85. The molecule has 0 aromatic carbocycles. The average Bonchev–Trinajstić information content (AvgIpc) is 2.63. The van der Waals surface area contributed by atoms with Crippen LogP contribution in [0.15, 0.2) is 18.3 Å². The Labute approximate surface area is 138 Å². The van der Waals surface area contributed by atoms with Gasteiger partial charge in [0.15, 0.2) is 5.82 Å². The van der Waals surface area contributed by atoms with E-state index in [-0.39, 0.29) is 11.8 Å². The van der Waals surface area contributed by atoms with Gasteiger partial charge < -0.3 is 15.1 Å². The van der Waals surface area contributed by atoms with Crippen LogP contribution in [0.5, 0.6) is 0 Å². The number of anilines is 1. The molecule has 1 amide bonds. The minimum absolute atomic E-state index is 0.143. The highest BCUT2D eigenvalue weighted by Gasteiger charge is 2.25. The van der Waals surface area contributed by atoms with Gasteiger partial charge in [0.05, 0.1) is 0 Å². The van der Waals surface area contributed by atoms with Crippen LogP contribution in [0.25, 0.3) is 0 Å². The summed E-state index contributed by atoms with van der Waals surface area (Å²) in [4.78, 5) is 17.0. The Kier molecular flexibility index (Phi) is 5.80. The summed E-state index contributed by atoms with van der Waals surface area (Å²) in [5.41, 5.74) is 0. The molecule has 2 aliphatic rings. The predicted molar refractivity (Wildman–Crippen MR) is 90.3 cm³/mol. The summed E-state index contributed by atoms with van der Waals surface area (Å²) in [6.07, 6.45) is 7.43. The number of nitrogens with zero attached hydrogens (tertiary/aromatic N) is 4. The van der Waals surface area contributed by atoms with E-state index in [0.29, 0.717) is 0 Å². The van der Waals surface area contributed by atoms with Crippen molar-refractivity contribution < 1.29 is 4.79 Å². The van der Waals surface area contributed by atoms with Gasteiger partial charge in [-0.15, -0.1) is 5.10 Å². The largest absolute Gasteiger partial charge is 0.355 e. The van der Waals surface area contributed by atoms with Crippen molar-refractivity contribution in [3.05, 3.63) is 18.3 Å². The van der Waals surface area contributed by atoms with E-state index in [1.54, 1.807) is 6.20 Å². The first-order valence-electron chi connectivity index (χ1n) is 8.85. The Morgan fingerprint density at radius 1 is 1.17 bits per heavy atom. The SMILES string of the molecule is O=C(NCCN1CCCCC1)C1CCN(c2cccnn2)CC1. The minimum Gasteiger partial charge on any atom is -0.355 e. The summed E-state index contributed by atoms with van der Waals surface area (Å²) in [5.74, 6) is 1.28. The lowest BCUT2D eigenvalue weighted by molar-refractivity contribution is -0.125. The van der Waals surface area contributed by atoms with Crippen LogP contribution in [0, 0.1) is 5.92 Å². The van der Waals surface area contributed by atoms with Crippen LogP contribution in [0.3, 0.4) is 0 Å². The zero-order valence-corrected chi connectivity index (χ0v) is 13.8. The second-order valence-corrected chi connectivity index (χ2v) is 6.54. The molecule has 6 nitrogen and oxygen atoms in total. The van der Waals surface area contributed by atoms with Crippen LogP contribution in [0.1, 0.15) is 32.1 Å². The third kappa shape index (κ3) is 4.64. The van der Waals surface area contributed by atoms with E-state index < -0.39 is 0 Å². The van der Waals surface area contributed by atoms with Crippen molar-refractivity contribution in [3.63, 3.8) is 0 Å². The lowest BCUT2D eigenvalue weighted by atomic mass is 9.96. The Morgan fingerprint density at radius 3 is 2.65 bits per heavy atom. The van der Waals surface area contributed by atoms with Crippen molar-refractivity contribution >= 4 is 11.7 Å². The highest BCUT2D eigenvalue weighted by Crippen LogP contribution is 2.21. The Bertz CT molecular complexity index is 481. The molecule has 0 saturated carbocycles. The summed E-state index contributed by atoms with van der Waals surface area (Å²) in [7, 11) is 0. The van der Waals surface area contributed by atoms with Gasteiger partial charge >= 0.3 is 0 Å². The quantitative estimate of drug-likeness (QED) is 0.887. The van der Waals surface area contributed by atoms with Gasteiger partial charge in [0.1, 0.15) is 0 Å². The maximum absolute atomic E-state index is 12.3. The zero-order chi connectivity index (χ0) is 15.9. The van der Waals surface area contributed by atoms with E-state index in [4.69, 9.17) is 0 Å². The number of hydrogen-bond acceptors (Lipinski definition) is 5. The monoisotopic (exact) mass is 317 g/mol. The molecule has 0 radical (unpaired) electrons. The molecule has 3 rings (SSSR count). The lowest BCUT2D eigenvalue weighted by Gasteiger charge is -2.32. The van der Waals surface area contributed by atoms with Crippen LogP contribution in [-0.2, 0) is 4.79 Å². The molecular formula is C17H27N5O. The predicted octanol–water partition coefficient (Wildman–Crippen LogP) is 1.30. The fourth-order valence-corrected chi connectivity index (χ4v) is 3.50. The molecule has 23 heavy (non-hydrogen) atoms. The molecule has 2 fully saturated rings. The van der Waals surface area contributed by atoms with Gasteiger partial charge in [0.2, 0.25) is 5.91 Å². The smallest absolute Gasteiger partial charge is 0.223 e. The lowest BCUT2D eigenvalue weighted by Crippen LogP contribution is -2.43. The molecule has 0 unspecified atom stereocenters. The third-order valence-electron chi connectivity index (χ3n) is 4.92. The number of carbonyl (C=O) groups is 1. The van der Waals surface area contributed by atoms with E-state index in [1.807, 2.05) is 12.1 Å². The molecule has 3 heterocycles. The van der Waals surface area contributed by atoms with Gasteiger partial charge in [-0.05, 0) is 50.9 Å². The van der Waals surface area contributed by atoms with Gasteiger partial charge in [-0.2, -0.15) is 5.10 Å². The highest BCUT2D eigenvalue weighted by molar-refractivity contribution is 5.78. The molecule has 0 bridgehead atoms. The first-order chi connectivity index (χ1) is 11.3. The zero-order valence-electron chi connectivity index (χ0n) is 13.8. The van der Waals surface area contributed by atoms with Crippen LogP contribution in [0.4, 0.5) is 5.82 Å². The van der Waals surface area contributed by atoms with Crippen molar-refractivity contribution in [2.75, 3.05) is 44.2 Å². The Morgan fingerprint density at radius 2 is 1.96 bits per heavy atom. The maximum atomic E-state index is 12.3. The number of nitrogens with one attached hydrogen (secondary N) is 1. The van der Waals surface area contributed by atoms with E-state index in [1.165, 1.54) is 32.4 Å². The molecule has 1 N–H and O–H groups in total. The fraction of sp³-hybridized carbons (Fsp3) is 0.706. The average molecular weight is 317 g/mol. The maximum Gasteiger partial charge on any atom is 0.223 e. The number of carbonyl (C=O) groups excluding carboxylic acids is 1. The standard InChI is InChI=1S/C17H27N5O/c23-17(18-9-14-21-10-2-1-3-11-21)15-6-12-22(13-7-15)16-5-4-8-19-20-16/h4-5,8,15H,1-3,6-7,9-14H2,(H,18,23). The van der Waals surface area contributed by atoms with Crippen molar-refractivity contribution in [1.29, 1.82) is 0 Å². The first kappa shape index (κ1) is 16.2. The Hall–Kier alpha value is -1.69. The topological polar surface area (TPSA) is 61.4 Å². The van der Waals surface area contributed by atoms with Crippen molar-refractivity contribution in [2.45, 2.75) is 32.1 Å². The molecule has 6 heteroatoms. The van der Waals surface area contributed by atoms with Crippen LogP contribution < -0.4 is 10.2 Å². The molecule has 0 spiro atoms. The van der Waals surface area contributed by atoms with Gasteiger partial charge in [0.25, 0.3) is 0 Å². The van der Waals surface area contributed by atoms with E-state index in [9.17, 15) is 4.79 Å². The Balaban J connectivity index is 1.36. The summed E-state index contributed by atoms with van der Waals surface area (Å²) >= 11 is 0. The second kappa shape index (κ2) is 8.24. The van der Waals surface area contributed by atoms with E-state index in [0.717, 1.165) is 44.8 Å². The van der Waals surface area contributed by atoms with Gasteiger partial charge in [-0.1, -0.05) is 6.42 Å². The van der Waals surface area contributed by atoms with Gasteiger partial charge in [-0.3, -0.25) is 4.79 Å². The van der Waals surface area contributed by atoms with Crippen molar-refractivity contribution in [1.82, 2.24) is 20.4 Å². The summed E-state index contributed by atoms with van der Waals surface area (Å²) in [6.45, 7) is 5.90. The van der Waals surface area contributed by atoms with Crippen molar-refractivity contribution in [2.24, 2.45) is 5.92 Å². The number of likely N-dealkylation sites (tertiary alicyclic amines) is 1.